The molecule has 0 unspecified atom stereocenters. The van der Waals surface area contributed by atoms with Crippen molar-refractivity contribution >= 4 is 16.0 Å². The highest BCUT2D eigenvalue weighted by Crippen LogP contribution is 2.37. The van der Waals surface area contributed by atoms with Crippen molar-refractivity contribution in [2.24, 2.45) is 4.99 Å². The van der Waals surface area contributed by atoms with Gasteiger partial charge in [0, 0.05) is 32.3 Å². The first-order valence-electron chi connectivity index (χ1n) is 11.7. The third-order valence-corrected chi connectivity index (χ3v) is 8.33. The summed E-state index contributed by atoms with van der Waals surface area (Å²) >= 11 is 0. The Morgan fingerprint density at radius 3 is 1.76 bits per heavy atom. The van der Waals surface area contributed by atoms with Gasteiger partial charge in [0.25, 0.3) is 0 Å². The van der Waals surface area contributed by atoms with Gasteiger partial charge in [-0.1, -0.05) is 24.3 Å². The maximum absolute atomic E-state index is 14.9. The molecule has 3 aromatic rings. The van der Waals surface area contributed by atoms with Gasteiger partial charge in [-0.15, -0.1) is 0 Å². The largest absolute Gasteiger partial charge is 0.497 e. The molecule has 0 bridgehead atoms. The molecule has 0 aromatic heterocycles. The summed E-state index contributed by atoms with van der Waals surface area (Å²) in [5.74, 6) is -2.91. The molecule has 4 rings (SSSR count). The molecule has 11 heteroatoms. The summed E-state index contributed by atoms with van der Waals surface area (Å²) in [6.07, 6.45) is 0. The Bertz CT molecular complexity index is 1370. The second-order valence-electron chi connectivity index (χ2n) is 9.21. The van der Waals surface area contributed by atoms with Gasteiger partial charge in [0.1, 0.15) is 34.5 Å². The molecule has 0 spiro atoms. The van der Waals surface area contributed by atoms with E-state index >= 15 is 0 Å². The van der Waals surface area contributed by atoms with Crippen LogP contribution < -0.4 is 9.47 Å². The van der Waals surface area contributed by atoms with Crippen LogP contribution in [-0.4, -0.2) is 50.6 Å². The van der Waals surface area contributed by atoms with Crippen LogP contribution in [0.25, 0.3) is 0 Å². The molecule has 0 N–H and O–H groups in total. The fourth-order valence-electron chi connectivity index (χ4n) is 4.45. The molecule has 38 heavy (non-hydrogen) atoms. The van der Waals surface area contributed by atoms with Crippen LogP contribution >= 0.6 is 0 Å². The Hall–Kier alpha value is -3.73. The lowest BCUT2D eigenvalue weighted by molar-refractivity contribution is 0.342. The minimum atomic E-state index is -4.07. The number of methoxy groups -OCH3 is 2. The smallest absolute Gasteiger partial charge is 0.239 e. The first kappa shape index (κ1) is 27.3. The van der Waals surface area contributed by atoms with E-state index in [1.165, 1.54) is 14.0 Å². The zero-order valence-electron chi connectivity index (χ0n) is 21.4. The van der Waals surface area contributed by atoms with E-state index in [-0.39, 0.29) is 19.0 Å². The highest BCUT2D eigenvalue weighted by atomic mass is 32.2. The number of nitrogens with zero attached hydrogens (tertiary/aromatic N) is 3. The van der Waals surface area contributed by atoms with Crippen LogP contribution in [0.2, 0.25) is 0 Å². The third-order valence-electron chi connectivity index (χ3n) is 6.40. The van der Waals surface area contributed by atoms with E-state index in [2.05, 4.69) is 4.99 Å². The minimum Gasteiger partial charge on any atom is -0.497 e. The average Bonchev–Trinajstić information content (AvgIpc) is 2.86. The third kappa shape index (κ3) is 5.57. The first-order valence-corrected chi connectivity index (χ1v) is 13.3. The van der Waals surface area contributed by atoms with Gasteiger partial charge in [-0.05, 0) is 42.3 Å². The topological polar surface area (TPSA) is 71.4 Å². The van der Waals surface area contributed by atoms with Crippen molar-refractivity contribution < 1.29 is 31.1 Å². The predicted molar refractivity (Wildman–Crippen MR) is 138 cm³/mol. The highest BCUT2D eigenvalue weighted by molar-refractivity contribution is 7.89. The molecule has 1 heterocycles. The maximum Gasteiger partial charge on any atom is 0.239 e. The molecular formula is C27H28F3N3O4S. The van der Waals surface area contributed by atoms with Crippen molar-refractivity contribution in [3.8, 4) is 11.5 Å². The summed E-state index contributed by atoms with van der Waals surface area (Å²) in [4.78, 5) is 6.32. The number of aliphatic imine (C=N–C) groups is 1. The molecule has 202 valence electrons. The number of hydrogen-bond acceptors (Lipinski definition) is 6. The van der Waals surface area contributed by atoms with Crippen molar-refractivity contribution in [1.29, 1.82) is 0 Å². The minimum absolute atomic E-state index is 0.00601. The van der Waals surface area contributed by atoms with E-state index in [9.17, 15) is 21.6 Å². The highest BCUT2D eigenvalue weighted by Gasteiger charge is 2.45. The summed E-state index contributed by atoms with van der Waals surface area (Å²) in [5.41, 5.74) is -0.818. The number of sulfonamides is 1. The SMILES string of the molecule is COc1ccc(CN(Cc2ccc(OC)cc2)C2=N[C@](C)(c3c(F)cc(F)cc3F)CS(=O)(=O)N2C)cc1. The second kappa shape index (κ2) is 10.6. The molecule has 3 aromatic carbocycles. The molecule has 1 aliphatic rings. The van der Waals surface area contributed by atoms with Crippen molar-refractivity contribution in [3.63, 3.8) is 0 Å². The summed E-state index contributed by atoms with van der Waals surface area (Å²) in [6.45, 7) is 1.77. The molecule has 0 fully saturated rings. The molecule has 0 radical (unpaired) electrons. The van der Waals surface area contributed by atoms with Crippen LogP contribution in [0.1, 0.15) is 23.6 Å². The lowest BCUT2D eigenvalue weighted by atomic mass is 9.93. The maximum atomic E-state index is 14.9. The van der Waals surface area contributed by atoms with Crippen molar-refractivity contribution in [1.82, 2.24) is 9.21 Å². The van der Waals surface area contributed by atoms with Gasteiger partial charge in [-0.3, -0.25) is 0 Å². The summed E-state index contributed by atoms with van der Waals surface area (Å²) in [6, 6.07) is 15.5. The van der Waals surface area contributed by atoms with Crippen LogP contribution in [0, 0.1) is 17.5 Å². The van der Waals surface area contributed by atoms with Crippen molar-refractivity contribution in [3.05, 3.63) is 94.8 Å². The van der Waals surface area contributed by atoms with Crippen molar-refractivity contribution in [2.45, 2.75) is 25.6 Å². The van der Waals surface area contributed by atoms with E-state index in [1.54, 1.807) is 43.4 Å². The second-order valence-corrected chi connectivity index (χ2v) is 11.2. The number of rotatable bonds is 7. The van der Waals surface area contributed by atoms with Gasteiger partial charge in [0.05, 0.1) is 25.5 Å². The number of benzene rings is 3. The van der Waals surface area contributed by atoms with E-state index < -0.39 is 44.3 Å². The summed E-state index contributed by atoms with van der Waals surface area (Å²) in [7, 11) is 0.384. The molecule has 7 nitrogen and oxygen atoms in total. The van der Waals surface area contributed by atoms with Crippen LogP contribution in [0.4, 0.5) is 13.2 Å². The Morgan fingerprint density at radius 1 is 0.895 bits per heavy atom. The number of hydrogen-bond donors (Lipinski definition) is 0. The quantitative estimate of drug-likeness (QED) is 0.430. The zero-order chi connectivity index (χ0) is 27.7. The van der Waals surface area contributed by atoms with Crippen LogP contribution in [-0.2, 0) is 28.7 Å². The van der Waals surface area contributed by atoms with Crippen LogP contribution in [0.5, 0.6) is 11.5 Å². The molecule has 0 saturated carbocycles. The Balaban J connectivity index is 1.84. The van der Waals surface area contributed by atoms with Crippen LogP contribution in [0.3, 0.4) is 0 Å². The molecule has 1 atom stereocenters. The fraction of sp³-hybridized carbons (Fsp3) is 0.296. The van der Waals surface area contributed by atoms with Gasteiger partial charge < -0.3 is 14.4 Å². The van der Waals surface area contributed by atoms with Crippen molar-refractivity contribution in [2.75, 3.05) is 27.0 Å². The average molecular weight is 548 g/mol. The van der Waals surface area contributed by atoms with E-state index in [1.807, 2.05) is 24.3 Å². The molecule has 1 aliphatic heterocycles. The Labute approximate surface area is 220 Å². The number of ether oxygens (including phenoxy) is 2. The van der Waals surface area contributed by atoms with Gasteiger partial charge in [0.2, 0.25) is 16.0 Å². The lowest BCUT2D eigenvalue weighted by Crippen LogP contribution is -2.53. The van der Waals surface area contributed by atoms with E-state index in [0.29, 0.717) is 23.6 Å². The number of halogens is 3. The lowest BCUT2D eigenvalue weighted by Gasteiger charge is -2.40. The van der Waals surface area contributed by atoms with Gasteiger partial charge >= 0.3 is 0 Å². The Kier molecular flexibility index (Phi) is 7.59. The van der Waals surface area contributed by atoms with Gasteiger partial charge in [-0.25, -0.2) is 30.9 Å². The molecule has 0 amide bonds. The fourth-order valence-corrected chi connectivity index (χ4v) is 5.97. The van der Waals surface area contributed by atoms with Crippen LogP contribution in [0.15, 0.2) is 65.7 Å². The standard InChI is InChI=1S/C27H28F3N3O4S/c1-27(25-23(29)13-20(28)14-24(25)30)17-38(34,35)32(2)26(31-27)33(15-18-5-9-21(36-3)10-6-18)16-19-7-11-22(37-4)12-8-19/h5-14H,15-17H2,1-4H3/t27-/m0/s1. The number of guanidine groups is 1. The monoisotopic (exact) mass is 547 g/mol. The predicted octanol–water partition coefficient (Wildman–Crippen LogP) is 4.67. The van der Waals surface area contributed by atoms with Gasteiger partial charge in [-0.2, -0.15) is 0 Å². The molecule has 0 aliphatic carbocycles. The zero-order valence-corrected chi connectivity index (χ0v) is 22.2. The normalized spacial score (nSPS) is 18.6. The van der Waals surface area contributed by atoms with E-state index in [0.717, 1.165) is 15.4 Å². The summed E-state index contributed by atoms with van der Waals surface area (Å²) < 4.78 is 81.5. The Morgan fingerprint density at radius 2 is 1.34 bits per heavy atom. The van der Waals surface area contributed by atoms with Gasteiger partial charge in [0.15, 0.2) is 0 Å². The molecular weight excluding hydrogens is 519 g/mol. The first-order chi connectivity index (χ1) is 18.0. The van der Waals surface area contributed by atoms with E-state index in [4.69, 9.17) is 9.47 Å². The summed E-state index contributed by atoms with van der Waals surface area (Å²) in [5, 5.41) is 0. The molecule has 0 saturated heterocycles.